The number of ether oxygens (including phenoxy) is 1. The van der Waals surface area contributed by atoms with Crippen LogP contribution in [0.5, 0.6) is 0 Å². The molecule has 1 aliphatic rings. The van der Waals surface area contributed by atoms with Crippen LogP contribution in [0.2, 0.25) is 0 Å². The maximum absolute atomic E-state index is 13.5. The molecule has 0 spiro atoms. The van der Waals surface area contributed by atoms with Crippen molar-refractivity contribution in [2.75, 3.05) is 25.6 Å². The Labute approximate surface area is 137 Å². The minimum Gasteiger partial charge on any atom is -0.383 e. The molecule has 0 aliphatic carbocycles. The lowest BCUT2D eigenvalue weighted by atomic mass is 10.0. The normalized spacial score (nSPS) is 13.1. The number of methoxy groups -OCH3 is 1. The lowest BCUT2D eigenvalue weighted by Crippen LogP contribution is -2.34. The summed E-state index contributed by atoms with van der Waals surface area (Å²) in [5.74, 6) is -0.620. The summed E-state index contributed by atoms with van der Waals surface area (Å²) in [6, 6.07) is 9.05. The van der Waals surface area contributed by atoms with Crippen LogP contribution in [0.1, 0.15) is 0 Å². The highest BCUT2D eigenvalue weighted by atomic mass is 32.2. The molecule has 2 aromatic carbocycles. The minimum atomic E-state index is -0.604. The first-order valence-electron chi connectivity index (χ1n) is 7.01. The van der Waals surface area contributed by atoms with Gasteiger partial charge >= 0.3 is 0 Å². The fraction of sp³-hybridized carbons (Fsp3) is 0.188. The minimum absolute atomic E-state index is 0.477. The van der Waals surface area contributed by atoms with Crippen LogP contribution >= 0.6 is 11.9 Å². The molecular weight excluding hydrogens is 320 g/mol. The maximum Gasteiger partial charge on any atom is 0.208 e. The molecule has 1 aliphatic heterocycles. The van der Waals surface area contributed by atoms with Crippen LogP contribution < -0.4 is 10.6 Å². The van der Waals surface area contributed by atoms with Crippen molar-refractivity contribution in [1.82, 2.24) is 5.32 Å². The molecule has 0 saturated heterocycles. The number of fused-ring (bicyclic) bond motifs is 1. The molecule has 0 atom stereocenters. The second-order valence-corrected chi connectivity index (χ2v) is 5.72. The Morgan fingerprint density at radius 1 is 1.22 bits per heavy atom. The van der Waals surface area contributed by atoms with Crippen molar-refractivity contribution in [3.05, 3.63) is 48.0 Å². The zero-order valence-corrected chi connectivity index (χ0v) is 13.2. The first-order chi connectivity index (χ1) is 11.2. The highest BCUT2D eigenvalue weighted by molar-refractivity contribution is 7.98. The Morgan fingerprint density at radius 2 is 2.00 bits per heavy atom. The van der Waals surface area contributed by atoms with Crippen LogP contribution in [0.25, 0.3) is 11.1 Å². The fourth-order valence-electron chi connectivity index (χ4n) is 2.27. The highest BCUT2D eigenvalue weighted by Crippen LogP contribution is 2.39. The summed E-state index contributed by atoms with van der Waals surface area (Å²) in [7, 11) is 1.62. The van der Waals surface area contributed by atoms with E-state index < -0.39 is 11.6 Å². The molecule has 2 N–H and O–H groups in total. The van der Waals surface area contributed by atoms with Crippen molar-refractivity contribution in [3.8, 4) is 11.1 Å². The molecule has 7 heteroatoms. The predicted octanol–water partition coefficient (Wildman–Crippen LogP) is 3.66. The molecule has 0 radical (unpaired) electrons. The largest absolute Gasteiger partial charge is 0.383 e. The number of hydrogen-bond acceptors (Lipinski definition) is 5. The number of nitrogens with one attached hydrogen (secondary N) is 2. The van der Waals surface area contributed by atoms with E-state index in [4.69, 9.17) is 4.74 Å². The number of rotatable bonds is 4. The number of anilines is 1. The van der Waals surface area contributed by atoms with E-state index in [1.165, 1.54) is 24.1 Å². The van der Waals surface area contributed by atoms with E-state index >= 15 is 0 Å². The second-order valence-electron chi connectivity index (χ2n) is 4.91. The molecule has 0 bridgehead atoms. The number of benzene rings is 2. The van der Waals surface area contributed by atoms with Gasteiger partial charge in [0.15, 0.2) is 0 Å². The van der Waals surface area contributed by atoms with Gasteiger partial charge in [-0.05, 0) is 23.8 Å². The molecule has 0 fully saturated rings. The van der Waals surface area contributed by atoms with Crippen LogP contribution in [0.15, 0.2) is 45.7 Å². The van der Waals surface area contributed by atoms with Crippen molar-refractivity contribution in [2.24, 2.45) is 4.40 Å². The Balaban J connectivity index is 1.91. The monoisotopic (exact) mass is 335 g/mol. The first kappa shape index (κ1) is 15.8. The van der Waals surface area contributed by atoms with Gasteiger partial charge in [-0.25, -0.2) is 8.78 Å². The van der Waals surface area contributed by atoms with Gasteiger partial charge in [-0.3, -0.25) is 0 Å². The van der Waals surface area contributed by atoms with Crippen LogP contribution in [0, 0.1) is 11.6 Å². The van der Waals surface area contributed by atoms with Crippen LogP contribution in [-0.4, -0.2) is 26.2 Å². The number of nitrogens with zero attached hydrogens (tertiary/aromatic N) is 1. The Morgan fingerprint density at radius 3 is 2.74 bits per heavy atom. The molecule has 120 valence electrons. The van der Waals surface area contributed by atoms with Crippen molar-refractivity contribution < 1.29 is 13.5 Å². The molecular formula is C16H15F2N3OS. The van der Waals surface area contributed by atoms with E-state index in [9.17, 15) is 8.78 Å². The fourth-order valence-corrected chi connectivity index (χ4v) is 2.96. The summed E-state index contributed by atoms with van der Waals surface area (Å²) < 4.78 is 36.3. The van der Waals surface area contributed by atoms with Gasteiger partial charge in [-0.15, -0.1) is 0 Å². The van der Waals surface area contributed by atoms with E-state index in [0.717, 1.165) is 16.6 Å². The number of hydrogen-bond donors (Lipinski definition) is 2. The van der Waals surface area contributed by atoms with Gasteiger partial charge in [-0.2, -0.15) is 4.40 Å². The topological polar surface area (TPSA) is 45.6 Å². The van der Waals surface area contributed by atoms with Crippen molar-refractivity contribution in [1.29, 1.82) is 0 Å². The molecule has 23 heavy (non-hydrogen) atoms. The van der Waals surface area contributed by atoms with Crippen molar-refractivity contribution >= 4 is 23.6 Å². The van der Waals surface area contributed by atoms with E-state index in [1.54, 1.807) is 7.11 Å². The third-order valence-electron chi connectivity index (χ3n) is 3.28. The summed E-state index contributed by atoms with van der Waals surface area (Å²) >= 11 is 1.31. The molecule has 2 aromatic rings. The van der Waals surface area contributed by atoms with Gasteiger partial charge in [0.05, 0.1) is 17.2 Å². The quantitative estimate of drug-likeness (QED) is 0.661. The number of halogens is 2. The van der Waals surface area contributed by atoms with E-state index in [-0.39, 0.29) is 0 Å². The molecule has 1 heterocycles. The first-order valence-corrected chi connectivity index (χ1v) is 7.79. The Bertz CT molecular complexity index is 732. The third kappa shape index (κ3) is 3.62. The van der Waals surface area contributed by atoms with E-state index in [0.29, 0.717) is 30.2 Å². The lowest BCUT2D eigenvalue weighted by molar-refractivity contribution is 0.204. The smallest absolute Gasteiger partial charge is 0.208 e. The zero-order chi connectivity index (χ0) is 16.2. The summed E-state index contributed by atoms with van der Waals surface area (Å²) in [6.07, 6.45) is 0. The zero-order valence-electron chi connectivity index (χ0n) is 12.4. The number of para-hydroxylation sites is 1. The molecule has 0 unspecified atom stereocenters. The Kier molecular flexibility index (Phi) is 4.78. The summed E-state index contributed by atoms with van der Waals surface area (Å²) in [5, 5.41) is 6.29. The van der Waals surface area contributed by atoms with Gasteiger partial charge < -0.3 is 15.4 Å². The van der Waals surface area contributed by atoms with Gasteiger partial charge in [0.1, 0.15) is 11.6 Å². The van der Waals surface area contributed by atoms with Gasteiger partial charge in [0, 0.05) is 37.2 Å². The van der Waals surface area contributed by atoms with Gasteiger partial charge in [-0.1, -0.05) is 12.1 Å². The number of guanidine groups is 1. The molecule has 3 rings (SSSR count). The van der Waals surface area contributed by atoms with E-state index in [1.807, 2.05) is 18.2 Å². The highest BCUT2D eigenvalue weighted by Gasteiger charge is 2.17. The lowest BCUT2D eigenvalue weighted by Gasteiger charge is -2.21. The van der Waals surface area contributed by atoms with Crippen LogP contribution in [-0.2, 0) is 4.74 Å². The summed E-state index contributed by atoms with van der Waals surface area (Å²) in [4.78, 5) is 0.893. The third-order valence-corrected chi connectivity index (χ3v) is 4.09. The Hall–Kier alpha value is -2.12. The maximum atomic E-state index is 13.5. The average Bonchev–Trinajstić information content (AvgIpc) is 2.53. The van der Waals surface area contributed by atoms with Crippen LogP contribution in [0.4, 0.5) is 14.5 Å². The average molecular weight is 335 g/mol. The van der Waals surface area contributed by atoms with Crippen molar-refractivity contribution in [3.63, 3.8) is 0 Å². The molecule has 4 nitrogen and oxygen atoms in total. The molecule has 0 saturated carbocycles. The van der Waals surface area contributed by atoms with Gasteiger partial charge in [0.2, 0.25) is 5.96 Å². The summed E-state index contributed by atoms with van der Waals surface area (Å²) in [5.41, 5.74) is 1.97. The predicted molar refractivity (Wildman–Crippen MR) is 88.6 cm³/mol. The molecule has 0 aromatic heterocycles. The second kappa shape index (κ2) is 6.97. The van der Waals surface area contributed by atoms with Crippen LogP contribution in [0.3, 0.4) is 0 Å². The van der Waals surface area contributed by atoms with Crippen molar-refractivity contribution in [2.45, 2.75) is 4.90 Å². The standard InChI is InChI=1S/C16H15F2N3OS/c1-22-6-5-19-16-20-15-13(3-2-4-14(15)23-21-16)10-7-11(17)9-12(18)8-10/h2-4,7-9H,5-6H2,1H3,(H2,19,20,21). The van der Waals surface area contributed by atoms with E-state index in [2.05, 4.69) is 15.0 Å². The van der Waals surface area contributed by atoms with Gasteiger partial charge in [0.25, 0.3) is 0 Å². The summed E-state index contributed by atoms with van der Waals surface area (Å²) in [6.45, 7) is 1.16. The SMILES string of the molecule is COCCNC1=NSc2cccc(-c3cc(F)cc(F)c3)c2N1. The molecule has 0 amide bonds.